The summed E-state index contributed by atoms with van der Waals surface area (Å²) in [6, 6.07) is 12.3. The van der Waals surface area contributed by atoms with Crippen LogP contribution in [-0.4, -0.2) is 17.0 Å². The van der Waals surface area contributed by atoms with E-state index in [0.29, 0.717) is 21.8 Å². The molecule has 0 saturated heterocycles. The van der Waals surface area contributed by atoms with Crippen LogP contribution in [0, 0.1) is 6.92 Å². The summed E-state index contributed by atoms with van der Waals surface area (Å²) in [6.45, 7) is 1.94. The molecule has 0 aliphatic carbocycles. The molecule has 0 spiro atoms. The second-order valence-electron chi connectivity index (χ2n) is 5.30. The molecule has 0 atom stereocenters. The molecule has 0 bridgehead atoms. The number of carbonyl (C=O) groups excluding carboxylic acids is 2. The van der Waals surface area contributed by atoms with Gasteiger partial charge < -0.3 is 10.5 Å². The Balaban J connectivity index is 1.89. The SMILES string of the molecule is Cc1ccc(C(=O)Oc2ccc(Br)cc2/C=C2\SC(N)=NC2=O)cc1. The van der Waals surface area contributed by atoms with Gasteiger partial charge in [-0.1, -0.05) is 33.6 Å². The number of benzene rings is 2. The van der Waals surface area contributed by atoms with Crippen LogP contribution in [0.4, 0.5) is 0 Å². The van der Waals surface area contributed by atoms with E-state index >= 15 is 0 Å². The van der Waals surface area contributed by atoms with Crippen molar-refractivity contribution in [2.45, 2.75) is 6.92 Å². The van der Waals surface area contributed by atoms with Gasteiger partial charge in [-0.15, -0.1) is 0 Å². The molecule has 2 N–H and O–H groups in total. The Morgan fingerprint density at radius 2 is 1.96 bits per heavy atom. The Hall–Kier alpha value is -2.38. The van der Waals surface area contributed by atoms with E-state index in [9.17, 15) is 9.59 Å². The third-order valence-electron chi connectivity index (χ3n) is 3.39. The monoisotopic (exact) mass is 416 g/mol. The molecule has 2 aromatic rings. The van der Waals surface area contributed by atoms with Gasteiger partial charge in [0.1, 0.15) is 5.75 Å². The fourth-order valence-electron chi connectivity index (χ4n) is 2.14. The van der Waals surface area contributed by atoms with E-state index in [2.05, 4.69) is 20.9 Å². The number of aryl methyl sites for hydroxylation is 1. The van der Waals surface area contributed by atoms with Gasteiger partial charge in [0.25, 0.3) is 5.91 Å². The van der Waals surface area contributed by atoms with Crippen molar-refractivity contribution in [2.24, 2.45) is 10.7 Å². The number of halogens is 1. The van der Waals surface area contributed by atoms with Crippen molar-refractivity contribution in [3.8, 4) is 5.75 Å². The van der Waals surface area contributed by atoms with Crippen LogP contribution in [0.2, 0.25) is 0 Å². The first-order valence-corrected chi connectivity index (χ1v) is 8.90. The molecule has 5 nitrogen and oxygen atoms in total. The molecule has 0 aromatic heterocycles. The van der Waals surface area contributed by atoms with E-state index < -0.39 is 11.9 Å². The fourth-order valence-corrected chi connectivity index (χ4v) is 3.19. The van der Waals surface area contributed by atoms with Gasteiger partial charge in [0.15, 0.2) is 5.17 Å². The lowest BCUT2D eigenvalue weighted by atomic mass is 10.1. The van der Waals surface area contributed by atoms with Gasteiger partial charge in [0.2, 0.25) is 0 Å². The number of hydrogen-bond donors (Lipinski definition) is 1. The topological polar surface area (TPSA) is 81.8 Å². The summed E-state index contributed by atoms with van der Waals surface area (Å²) in [5.41, 5.74) is 7.65. The van der Waals surface area contributed by atoms with Crippen molar-refractivity contribution >= 4 is 50.8 Å². The maximum Gasteiger partial charge on any atom is 0.343 e. The highest BCUT2D eigenvalue weighted by Crippen LogP contribution is 2.31. The highest BCUT2D eigenvalue weighted by Gasteiger charge is 2.20. The van der Waals surface area contributed by atoms with Crippen LogP contribution in [0.3, 0.4) is 0 Å². The first-order valence-electron chi connectivity index (χ1n) is 7.29. The van der Waals surface area contributed by atoms with E-state index in [1.54, 1.807) is 36.4 Å². The maximum absolute atomic E-state index is 12.3. The van der Waals surface area contributed by atoms with Crippen LogP contribution in [0.15, 0.2) is 56.8 Å². The predicted molar refractivity (Wildman–Crippen MR) is 102 cm³/mol. The molecule has 126 valence electrons. The van der Waals surface area contributed by atoms with Gasteiger partial charge in [0, 0.05) is 10.0 Å². The predicted octanol–water partition coefficient (Wildman–Crippen LogP) is 3.91. The number of aliphatic imine (C=N–C) groups is 1. The van der Waals surface area contributed by atoms with Crippen LogP contribution in [0.25, 0.3) is 6.08 Å². The summed E-state index contributed by atoms with van der Waals surface area (Å²) < 4.78 is 6.30. The summed E-state index contributed by atoms with van der Waals surface area (Å²) in [5.74, 6) is -0.526. The molecular weight excluding hydrogens is 404 g/mol. The Bertz CT molecular complexity index is 920. The molecule has 1 heterocycles. The van der Waals surface area contributed by atoms with Gasteiger partial charge in [-0.25, -0.2) is 4.79 Å². The average molecular weight is 417 g/mol. The lowest BCUT2D eigenvalue weighted by Gasteiger charge is -2.09. The molecule has 1 aliphatic rings. The van der Waals surface area contributed by atoms with Gasteiger partial charge in [-0.2, -0.15) is 4.99 Å². The normalized spacial score (nSPS) is 15.4. The standard InChI is InChI=1S/C18H13BrN2O3S/c1-10-2-4-11(5-3-10)17(23)24-14-7-6-13(19)8-12(14)9-15-16(22)21-18(20)25-15/h2-9H,1H3,(H2,20,21,22)/b15-9-. The van der Waals surface area contributed by atoms with Gasteiger partial charge in [0.05, 0.1) is 10.5 Å². The largest absolute Gasteiger partial charge is 0.422 e. The zero-order valence-corrected chi connectivity index (χ0v) is 15.6. The first kappa shape index (κ1) is 17.4. The minimum Gasteiger partial charge on any atom is -0.422 e. The van der Waals surface area contributed by atoms with Crippen molar-refractivity contribution in [3.63, 3.8) is 0 Å². The molecule has 0 unspecified atom stereocenters. The van der Waals surface area contributed by atoms with E-state index in [0.717, 1.165) is 21.8 Å². The van der Waals surface area contributed by atoms with Gasteiger partial charge in [-0.05, 0) is 55.1 Å². The smallest absolute Gasteiger partial charge is 0.343 e. The zero-order chi connectivity index (χ0) is 18.0. The van der Waals surface area contributed by atoms with Crippen molar-refractivity contribution in [1.82, 2.24) is 0 Å². The number of nitrogens with zero attached hydrogens (tertiary/aromatic N) is 1. The third kappa shape index (κ3) is 4.18. The van der Waals surface area contributed by atoms with Crippen molar-refractivity contribution < 1.29 is 14.3 Å². The Morgan fingerprint density at radius 1 is 1.24 bits per heavy atom. The Labute approximate surface area is 157 Å². The molecule has 2 aromatic carbocycles. The summed E-state index contributed by atoms with van der Waals surface area (Å²) in [4.78, 5) is 28.2. The van der Waals surface area contributed by atoms with Crippen LogP contribution >= 0.6 is 27.7 Å². The van der Waals surface area contributed by atoms with E-state index in [4.69, 9.17) is 10.5 Å². The molecule has 25 heavy (non-hydrogen) atoms. The molecule has 0 saturated carbocycles. The second-order valence-corrected chi connectivity index (χ2v) is 7.28. The maximum atomic E-state index is 12.3. The fraction of sp³-hybridized carbons (Fsp3) is 0.0556. The molecule has 3 rings (SSSR count). The van der Waals surface area contributed by atoms with Crippen molar-refractivity contribution in [3.05, 3.63) is 68.5 Å². The number of carbonyl (C=O) groups is 2. The van der Waals surface area contributed by atoms with E-state index in [-0.39, 0.29) is 5.17 Å². The van der Waals surface area contributed by atoms with Gasteiger partial charge >= 0.3 is 5.97 Å². The quantitative estimate of drug-likeness (QED) is 0.465. The number of hydrogen-bond acceptors (Lipinski definition) is 5. The molecular formula is C18H13BrN2O3S. The lowest BCUT2D eigenvalue weighted by molar-refractivity contribution is -0.113. The summed E-state index contributed by atoms with van der Waals surface area (Å²) >= 11 is 4.46. The van der Waals surface area contributed by atoms with Gasteiger partial charge in [-0.3, -0.25) is 4.79 Å². The minimum atomic E-state index is -0.469. The highest BCUT2D eigenvalue weighted by atomic mass is 79.9. The summed E-state index contributed by atoms with van der Waals surface area (Å²) in [5, 5.41) is 0.199. The average Bonchev–Trinajstić information content (AvgIpc) is 2.88. The Kier molecular flexibility index (Phi) is 5.06. The van der Waals surface area contributed by atoms with Crippen LogP contribution in [0.1, 0.15) is 21.5 Å². The van der Waals surface area contributed by atoms with Crippen molar-refractivity contribution in [2.75, 3.05) is 0 Å². The van der Waals surface area contributed by atoms with E-state index in [1.165, 1.54) is 0 Å². The molecule has 7 heteroatoms. The highest BCUT2D eigenvalue weighted by molar-refractivity contribution is 9.10. The zero-order valence-electron chi connectivity index (χ0n) is 13.2. The number of amides is 1. The van der Waals surface area contributed by atoms with Crippen LogP contribution < -0.4 is 10.5 Å². The van der Waals surface area contributed by atoms with Crippen LogP contribution in [0.5, 0.6) is 5.75 Å². The number of nitrogens with two attached hydrogens (primary N) is 1. The number of thioether (sulfide) groups is 1. The summed E-state index contributed by atoms with van der Waals surface area (Å²) in [6.07, 6.45) is 1.61. The number of ether oxygens (including phenoxy) is 1. The number of rotatable bonds is 3. The first-order chi connectivity index (χ1) is 11.9. The number of esters is 1. The molecule has 0 fully saturated rings. The van der Waals surface area contributed by atoms with Crippen molar-refractivity contribution in [1.29, 1.82) is 0 Å². The van der Waals surface area contributed by atoms with Crippen LogP contribution in [-0.2, 0) is 4.79 Å². The molecule has 1 amide bonds. The number of amidine groups is 1. The minimum absolute atomic E-state index is 0.199. The summed E-state index contributed by atoms with van der Waals surface area (Å²) in [7, 11) is 0. The molecule has 1 aliphatic heterocycles. The Morgan fingerprint density at radius 3 is 2.60 bits per heavy atom. The van der Waals surface area contributed by atoms with E-state index in [1.807, 2.05) is 19.1 Å². The molecule has 0 radical (unpaired) electrons. The lowest BCUT2D eigenvalue weighted by Crippen LogP contribution is -2.09. The second kappa shape index (κ2) is 7.25. The third-order valence-corrected chi connectivity index (χ3v) is 4.69.